The van der Waals surface area contributed by atoms with E-state index in [4.69, 9.17) is 0 Å². The molecule has 2 heteroatoms. The van der Waals surface area contributed by atoms with Crippen LogP contribution in [0.1, 0.15) is 38.4 Å². The molecule has 2 N–H and O–H groups in total. The standard InChI is InChI=1S/C12H19NO/c1-3-4-9-13-12-8-6-5-7-11(12)10(2)14/h5-8,10,13-14H,3-4,9H2,1-2H3. The molecule has 0 saturated carbocycles. The van der Waals surface area contributed by atoms with Crippen LogP contribution in [0.5, 0.6) is 0 Å². The molecule has 1 aromatic carbocycles. The van der Waals surface area contributed by atoms with Gasteiger partial charge in [0.15, 0.2) is 0 Å². The maximum atomic E-state index is 9.52. The number of aliphatic hydroxyl groups excluding tert-OH is 1. The lowest BCUT2D eigenvalue weighted by atomic mass is 10.1. The predicted molar refractivity (Wildman–Crippen MR) is 60.5 cm³/mol. The van der Waals surface area contributed by atoms with Gasteiger partial charge in [-0.15, -0.1) is 0 Å². The molecule has 0 spiro atoms. The maximum absolute atomic E-state index is 9.52. The third-order valence-corrected chi connectivity index (χ3v) is 2.26. The molecular formula is C12H19NO. The first-order chi connectivity index (χ1) is 6.75. The molecule has 14 heavy (non-hydrogen) atoms. The molecule has 1 atom stereocenters. The Morgan fingerprint density at radius 3 is 2.71 bits per heavy atom. The van der Waals surface area contributed by atoms with Gasteiger partial charge in [-0.3, -0.25) is 0 Å². The SMILES string of the molecule is CCCCNc1ccccc1C(C)O. The summed E-state index contributed by atoms with van der Waals surface area (Å²) in [7, 11) is 0. The van der Waals surface area contributed by atoms with Crippen molar-refractivity contribution in [1.82, 2.24) is 0 Å². The van der Waals surface area contributed by atoms with Gasteiger partial charge < -0.3 is 10.4 Å². The van der Waals surface area contributed by atoms with Gasteiger partial charge >= 0.3 is 0 Å². The summed E-state index contributed by atoms with van der Waals surface area (Å²) in [5.41, 5.74) is 2.03. The van der Waals surface area contributed by atoms with E-state index >= 15 is 0 Å². The van der Waals surface area contributed by atoms with Crippen molar-refractivity contribution in [2.24, 2.45) is 0 Å². The molecule has 1 unspecified atom stereocenters. The molecule has 78 valence electrons. The number of nitrogens with one attached hydrogen (secondary N) is 1. The van der Waals surface area contributed by atoms with Crippen LogP contribution in [0.3, 0.4) is 0 Å². The number of para-hydroxylation sites is 1. The highest BCUT2D eigenvalue weighted by molar-refractivity contribution is 5.51. The fraction of sp³-hybridized carbons (Fsp3) is 0.500. The molecule has 0 radical (unpaired) electrons. The topological polar surface area (TPSA) is 32.3 Å². The van der Waals surface area contributed by atoms with Crippen LogP contribution in [-0.2, 0) is 0 Å². The van der Waals surface area contributed by atoms with Crippen LogP contribution in [0.25, 0.3) is 0 Å². The Kier molecular flexibility index (Phi) is 4.47. The molecule has 0 heterocycles. The van der Waals surface area contributed by atoms with Crippen LogP contribution in [0.2, 0.25) is 0 Å². The lowest BCUT2D eigenvalue weighted by molar-refractivity contribution is 0.200. The van der Waals surface area contributed by atoms with Gasteiger partial charge in [0, 0.05) is 17.8 Å². The molecule has 0 bridgehead atoms. The fourth-order valence-electron chi connectivity index (χ4n) is 1.42. The van der Waals surface area contributed by atoms with Crippen molar-refractivity contribution in [3.63, 3.8) is 0 Å². The number of unbranched alkanes of at least 4 members (excludes halogenated alkanes) is 1. The van der Waals surface area contributed by atoms with Gasteiger partial charge in [0.05, 0.1) is 6.10 Å². The zero-order valence-electron chi connectivity index (χ0n) is 8.96. The van der Waals surface area contributed by atoms with Gasteiger partial charge in [-0.2, -0.15) is 0 Å². The van der Waals surface area contributed by atoms with E-state index < -0.39 is 6.10 Å². The minimum absolute atomic E-state index is 0.402. The third kappa shape index (κ3) is 3.04. The molecule has 1 aromatic rings. The summed E-state index contributed by atoms with van der Waals surface area (Å²) >= 11 is 0. The summed E-state index contributed by atoms with van der Waals surface area (Å²) in [5, 5.41) is 12.9. The molecule has 0 amide bonds. The molecule has 0 aromatic heterocycles. The third-order valence-electron chi connectivity index (χ3n) is 2.26. The Balaban J connectivity index is 2.64. The van der Waals surface area contributed by atoms with E-state index in [0.717, 1.165) is 24.2 Å². The van der Waals surface area contributed by atoms with Crippen molar-refractivity contribution in [3.05, 3.63) is 29.8 Å². The van der Waals surface area contributed by atoms with Crippen LogP contribution in [-0.4, -0.2) is 11.7 Å². The molecule has 0 aliphatic rings. The predicted octanol–water partition coefficient (Wildman–Crippen LogP) is 2.95. The highest BCUT2D eigenvalue weighted by Gasteiger charge is 2.05. The first-order valence-electron chi connectivity index (χ1n) is 5.26. The number of aliphatic hydroxyl groups is 1. The van der Waals surface area contributed by atoms with Gasteiger partial charge in [0.25, 0.3) is 0 Å². The monoisotopic (exact) mass is 193 g/mol. The number of hydrogen-bond donors (Lipinski definition) is 2. The van der Waals surface area contributed by atoms with Crippen molar-refractivity contribution in [1.29, 1.82) is 0 Å². The first-order valence-corrected chi connectivity index (χ1v) is 5.26. The van der Waals surface area contributed by atoms with Gasteiger partial charge in [0.2, 0.25) is 0 Å². The largest absolute Gasteiger partial charge is 0.389 e. The molecule has 0 fully saturated rings. The van der Waals surface area contributed by atoms with Crippen molar-refractivity contribution in [2.75, 3.05) is 11.9 Å². The molecular weight excluding hydrogens is 174 g/mol. The highest BCUT2D eigenvalue weighted by atomic mass is 16.3. The summed E-state index contributed by atoms with van der Waals surface area (Å²) in [6, 6.07) is 7.91. The minimum atomic E-state index is -0.402. The normalized spacial score (nSPS) is 12.5. The van der Waals surface area contributed by atoms with Crippen molar-refractivity contribution < 1.29 is 5.11 Å². The molecule has 1 rings (SSSR count). The molecule has 2 nitrogen and oxygen atoms in total. The Morgan fingerprint density at radius 2 is 2.07 bits per heavy atom. The van der Waals surface area contributed by atoms with E-state index in [1.54, 1.807) is 6.92 Å². The average molecular weight is 193 g/mol. The summed E-state index contributed by atoms with van der Waals surface area (Å²) in [5.74, 6) is 0. The molecule has 0 aliphatic heterocycles. The fourth-order valence-corrected chi connectivity index (χ4v) is 1.42. The van der Waals surface area contributed by atoms with Crippen LogP contribution >= 0.6 is 0 Å². The average Bonchev–Trinajstić information content (AvgIpc) is 2.19. The quantitative estimate of drug-likeness (QED) is 0.705. The Labute approximate surface area is 86.0 Å². The highest BCUT2D eigenvalue weighted by Crippen LogP contribution is 2.21. The molecule has 0 aliphatic carbocycles. The van der Waals surface area contributed by atoms with E-state index in [1.165, 1.54) is 6.42 Å². The van der Waals surface area contributed by atoms with Gasteiger partial charge in [0.1, 0.15) is 0 Å². The number of hydrogen-bond acceptors (Lipinski definition) is 2. The second-order valence-electron chi connectivity index (χ2n) is 3.54. The van der Waals surface area contributed by atoms with E-state index in [1.807, 2.05) is 24.3 Å². The van der Waals surface area contributed by atoms with Gasteiger partial charge in [-0.1, -0.05) is 31.5 Å². The lowest BCUT2D eigenvalue weighted by Gasteiger charge is -2.13. The second kappa shape index (κ2) is 5.66. The zero-order valence-corrected chi connectivity index (χ0v) is 8.96. The van der Waals surface area contributed by atoms with Crippen LogP contribution in [0, 0.1) is 0 Å². The smallest absolute Gasteiger partial charge is 0.0781 e. The maximum Gasteiger partial charge on any atom is 0.0781 e. The summed E-state index contributed by atoms with van der Waals surface area (Å²) < 4.78 is 0. The molecule has 0 saturated heterocycles. The van der Waals surface area contributed by atoms with Crippen LogP contribution in [0.15, 0.2) is 24.3 Å². The first kappa shape index (κ1) is 11.1. The summed E-state index contributed by atoms with van der Waals surface area (Å²) in [6.45, 7) is 4.93. The van der Waals surface area contributed by atoms with Crippen LogP contribution in [0.4, 0.5) is 5.69 Å². The number of benzene rings is 1. The number of anilines is 1. The Hall–Kier alpha value is -1.02. The minimum Gasteiger partial charge on any atom is -0.389 e. The van der Waals surface area contributed by atoms with E-state index in [0.29, 0.717) is 0 Å². The number of rotatable bonds is 5. The van der Waals surface area contributed by atoms with E-state index in [9.17, 15) is 5.11 Å². The van der Waals surface area contributed by atoms with Gasteiger partial charge in [-0.05, 0) is 19.4 Å². The van der Waals surface area contributed by atoms with E-state index in [-0.39, 0.29) is 0 Å². The van der Waals surface area contributed by atoms with Crippen molar-refractivity contribution in [3.8, 4) is 0 Å². The van der Waals surface area contributed by atoms with Crippen molar-refractivity contribution in [2.45, 2.75) is 32.8 Å². The van der Waals surface area contributed by atoms with Crippen LogP contribution < -0.4 is 5.32 Å². The summed E-state index contributed by atoms with van der Waals surface area (Å²) in [4.78, 5) is 0. The Bertz CT molecular complexity index is 271. The zero-order chi connectivity index (χ0) is 10.4. The lowest BCUT2D eigenvalue weighted by Crippen LogP contribution is -2.05. The van der Waals surface area contributed by atoms with E-state index in [2.05, 4.69) is 12.2 Å². The second-order valence-corrected chi connectivity index (χ2v) is 3.54. The summed E-state index contributed by atoms with van der Waals surface area (Å²) in [6.07, 6.45) is 1.94. The van der Waals surface area contributed by atoms with Crippen molar-refractivity contribution >= 4 is 5.69 Å². The Morgan fingerprint density at radius 1 is 1.36 bits per heavy atom. The van der Waals surface area contributed by atoms with Gasteiger partial charge in [-0.25, -0.2) is 0 Å².